The fourth-order valence-electron chi connectivity index (χ4n) is 4.70. The molecule has 0 spiro atoms. The van der Waals surface area contributed by atoms with Crippen molar-refractivity contribution in [2.75, 3.05) is 43.6 Å². The van der Waals surface area contributed by atoms with Crippen molar-refractivity contribution in [3.05, 3.63) is 40.9 Å². The molecule has 2 aliphatic rings. The number of hydrogen-bond donors (Lipinski definition) is 2. The van der Waals surface area contributed by atoms with Crippen LogP contribution in [0, 0.1) is 0 Å². The van der Waals surface area contributed by atoms with Crippen molar-refractivity contribution >= 4 is 40.7 Å². The number of methoxy groups -OCH3 is 1. The Morgan fingerprint density at radius 3 is 2.82 bits per heavy atom. The summed E-state index contributed by atoms with van der Waals surface area (Å²) in [6.07, 6.45) is 5.36. The molecule has 2 aromatic rings. The van der Waals surface area contributed by atoms with Gasteiger partial charge in [0.2, 0.25) is 11.8 Å². The lowest BCUT2D eigenvalue weighted by Gasteiger charge is -2.38. The number of halogens is 1. The van der Waals surface area contributed by atoms with Crippen LogP contribution in [0.2, 0.25) is 5.02 Å². The number of nitrogens with one attached hydrogen (secondary N) is 2. The number of piperidine rings is 1. The second-order valence-electron chi connectivity index (χ2n) is 8.84. The Hall–Kier alpha value is -2.16. The third-order valence-electron chi connectivity index (χ3n) is 6.70. The molecule has 0 saturated carbocycles. The fourth-order valence-corrected chi connectivity index (χ4v) is 5.06. The third kappa shape index (κ3) is 5.86. The van der Waals surface area contributed by atoms with Gasteiger partial charge in [-0.2, -0.15) is 9.97 Å². The summed E-state index contributed by atoms with van der Waals surface area (Å²) in [6.45, 7) is 5.31. The van der Waals surface area contributed by atoms with E-state index in [0.717, 1.165) is 43.1 Å². The standard InChI is InChI=1S/C24H32ClN5O2S/c1-17-6-3-4-11-30(17)20-15-21(31-2)28-22(27-20)29-23(33)26-16-24(9-12-32-13-10-24)18-7-5-8-19(25)14-18/h5,7-8,14-15,17H,3-4,6,9-13,16H2,1-2H3,(H2,26,27,28,29,33). The molecule has 0 amide bonds. The van der Waals surface area contributed by atoms with Gasteiger partial charge in [0.05, 0.1) is 7.11 Å². The summed E-state index contributed by atoms with van der Waals surface area (Å²) in [5.41, 5.74) is 1.10. The van der Waals surface area contributed by atoms with Crippen molar-refractivity contribution in [1.82, 2.24) is 15.3 Å². The topological polar surface area (TPSA) is 71.5 Å². The number of nitrogens with zero attached hydrogens (tertiary/aromatic N) is 3. The van der Waals surface area contributed by atoms with Crippen LogP contribution in [0.15, 0.2) is 30.3 Å². The van der Waals surface area contributed by atoms with Gasteiger partial charge in [0.25, 0.3) is 0 Å². The quantitative estimate of drug-likeness (QED) is 0.572. The number of benzene rings is 1. The molecule has 2 aliphatic heterocycles. The Balaban J connectivity index is 1.47. The van der Waals surface area contributed by atoms with Gasteiger partial charge in [-0.15, -0.1) is 0 Å². The molecule has 2 saturated heterocycles. The highest BCUT2D eigenvalue weighted by atomic mass is 35.5. The predicted octanol–water partition coefficient (Wildman–Crippen LogP) is 4.55. The molecule has 1 aromatic heterocycles. The minimum absolute atomic E-state index is 0.0987. The fraction of sp³-hybridized carbons (Fsp3) is 0.542. The smallest absolute Gasteiger partial charge is 0.234 e. The summed E-state index contributed by atoms with van der Waals surface area (Å²) in [7, 11) is 1.62. The van der Waals surface area contributed by atoms with Crippen molar-refractivity contribution in [2.45, 2.75) is 50.5 Å². The number of hydrogen-bond acceptors (Lipinski definition) is 6. The Bertz CT molecular complexity index is 970. The average molecular weight is 490 g/mol. The maximum absolute atomic E-state index is 6.29. The lowest BCUT2D eigenvalue weighted by molar-refractivity contribution is 0.0515. The maximum atomic E-state index is 6.29. The van der Waals surface area contributed by atoms with Crippen LogP contribution < -0.4 is 20.3 Å². The van der Waals surface area contributed by atoms with E-state index in [2.05, 4.69) is 33.5 Å². The van der Waals surface area contributed by atoms with Crippen molar-refractivity contribution in [3.63, 3.8) is 0 Å². The highest BCUT2D eigenvalue weighted by molar-refractivity contribution is 7.80. The molecule has 33 heavy (non-hydrogen) atoms. The van der Waals surface area contributed by atoms with E-state index in [1.165, 1.54) is 12.0 Å². The van der Waals surface area contributed by atoms with Crippen LogP contribution in [0.1, 0.15) is 44.6 Å². The van der Waals surface area contributed by atoms with Crippen LogP contribution >= 0.6 is 23.8 Å². The molecule has 2 N–H and O–H groups in total. The minimum atomic E-state index is -0.0987. The molecule has 7 nitrogen and oxygen atoms in total. The molecule has 1 atom stereocenters. The zero-order chi connectivity index (χ0) is 23.3. The van der Waals surface area contributed by atoms with Crippen LogP contribution in [0.4, 0.5) is 11.8 Å². The van der Waals surface area contributed by atoms with E-state index in [4.69, 9.17) is 38.3 Å². The largest absolute Gasteiger partial charge is 0.481 e. The predicted molar refractivity (Wildman–Crippen MR) is 137 cm³/mol. The van der Waals surface area contributed by atoms with Gasteiger partial charge in [0, 0.05) is 48.8 Å². The number of thiocarbonyl (C=S) groups is 1. The van der Waals surface area contributed by atoms with Gasteiger partial charge in [-0.25, -0.2) is 0 Å². The monoisotopic (exact) mass is 489 g/mol. The van der Waals surface area contributed by atoms with Crippen LogP contribution in [0.5, 0.6) is 5.88 Å². The van der Waals surface area contributed by atoms with Gasteiger partial charge in [0.1, 0.15) is 5.82 Å². The molecular weight excluding hydrogens is 458 g/mol. The van der Waals surface area contributed by atoms with Crippen molar-refractivity contribution in [2.24, 2.45) is 0 Å². The van der Waals surface area contributed by atoms with Gasteiger partial charge in [-0.3, -0.25) is 0 Å². The van der Waals surface area contributed by atoms with Crippen LogP contribution in [0.3, 0.4) is 0 Å². The van der Waals surface area contributed by atoms with E-state index in [1.54, 1.807) is 7.11 Å². The zero-order valence-electron chi connectivity index (χ0n) is 19.3. The Morgan fingerprint density at radius 1 is 1.27 bits per heavy atom. The van der Waals surface area contributed by atoms with Gasteiger partial charge >= 0.3 is 0 Å². The molecular formula is C24H32ClN5O2S. The molecule has 1 unspecified atom stereocenters. The summed E-state index contributed by atoms with van der Waals surface area (Å²) in [5, 5.41) is 7.78. The highest BCUT2D eigenvalue weighted by Crippen LogP contribution is 2.35. The first-order valence-electron chi connectivity index (χ1n) is 11.6. The van der Waals surface area contributed by atoms with E-state index < -0.39 is 0 Å². The second-order valence-corrected chi connectivity index (χ2v) is 9.69. The van der Waals surface area contributed by atoms with Crippen LogP contribution in [-0.4, -0.2) is 54.5 Å². The molecule has 0 aliphatic carbocycles. The summed E-state index contributed by atoms with van der Waals surface area (Å²) in [5.74, 6) is 1.81. The summed E-state index contributed by atoms with van der Waals surface area (Å²) >= 11 is 11.9. The molecule has 9 heteroatoms. The molecule has 0 radical (unpaired) electrons. The normalized spacial score (nSPS) is 20.2. The van der Waals surface area contributed by atoms with E-state index in [1.807, 2.05) is 24.3 Å². The van der Waals surface area contributed by atoms with Crippen molar-refractivity contribution in [3.8, 4) is 5.88 Å². The lowest BCUT2D eigenvalue weighted by atomic mass is 9.74. The first-order chi connectivity index (χ1) is 16.0. The first-order valence-corrected chi connectivity index (χ1v) is 12.4. The lowest BCUT2D eigenvalue weighted by Crippen LogP contribution is -2.45. The van der Waals surface area contributed by atoms with Gasteiger partial charge < -0.3 is 25.0 Å². The van der Waals surface area contributed by atoms with Crippen LogP contribution in [-0.2, 0) is 10.2 Å². The molecule has 3 heterocycles. The maximum Gasteiger partial charge on any atom is 0.234 e. The molecule has 2 fully saturated rings. The zero-order valence-corrected chi connectivity index (χ0v) is 20.8. The van der Waals surface area contributed by atoms with E-state index in [0.29, 0.717) is 42.7 Å². The molecule has 4 rings (SSSR count). The van der Waals surface area contributed by atoms with Gasteiger partial charge in [0.15, 0.2) is 5.11 Å². The second kappa shape index (κ2) is 10.8. The average Bonchev–Trinajstić information content (AvgIpc) is 2.83. The van der Waals surface area contributed by atoms with Crippen molar-refractivity contribution < 1.29 is 9.47 Å². The van der Waals surface area contributed by atoms with Gasteiger partial charge in [-0.05, 0) is 68.9 Å². The minimum Gasteiger partial charge on any atom is -0.481 e. The molecule has 1 aromatic carbocycles. The third-order valence-corrected chi connectivity index (χ3v) is 7.18. The molecule has 178 valence electrons. The van der Waals surface area contributed by atoms with E-state index in [-0.39, 0.29) is 5.41 Å². The summed E-state index contributed by atoms with van der Waals surface area (Å²) < 4.78 is 11.1. The molecule has 0 bridgehead atoms. The number of ether oxygens (including phenoxy) is 2. The number of anilines is 2. The van der Waals surface area contributed by atoms with Gasteiger partial charge in [-0.1, -0.05) is 23.7 Å². The van der Waals surface area contributed by atoms with E-state index >= 15 is 0 Å². The Morgan fingerprint density at radius 2 is 2.09 bits per heavy atom. The Labute approximate surface area is 206 Å². The number of aromatic nitrogens is 2. The van der Waals surface area contributed by atoms with E-state index in [9.17, 15) is 0 Å². The summed E-state index contributed by atoms with van der Waals surface area (Å²) in [4.78, 5) is 11.5. The first kappa shape index (κ1) is 24.0. The Kier molecular flexibility index (Phi) is 7.88. The highest BCUT2D eigenvalue weighted by Gasteiger charge is 2.34. The summed E-state index contributed by atoms with van der Waals surface area (Å²) in [6, 6.07) is 10.4. The van der Waals surface area contributed by atoms with Crippen molar-refractivity contribution in [1.29, 1.82) is 0 Å². The number of rotatable bonds is 6. The van der Waals surface area contributed by atoms with Crippen LogP contribution in [0.25, 0.3) is 0 Å². The SMILES string of the molecule is COc1cc(N2CCCCC2C)nc(NC(=S)NCC2(c3cccc(Cl)c3)CCOCC2)n1.